The molecule has 0 aliphatic carbocycles. The van der Waals surface area contributed by atoms with E-state index in [4.69, 9.17) is 4.43 Å². The van der Waals surface area contributed by atoms with Crippen LogP contribution in [0, 0.1) is 5.41 Å². The van der Waals surface area contributed by atoms with E-state index < -0.39 is 8.32 Å². The minimum absolute atomic E-state index is 0.306. The van der Waals surface area contributed by atoms with E-state index in [-0.39, 0.29) is 0 Å². The summed E-state index contributed by atoms with van der Waals surface area (Å²) in [7, 11) is -1.63. The Kier molecular flexibility index (Phi) is 19.3. The van der Waals surface area contributed by atoms with Crippen molar-refractivity contribution in [3.05, 3.63) is 0 Å². The smallest absolute Gasteiger partial charge is 0.186 e. The van der Waals surface area contributed by atoms with Crippen LogP contribution >= 0.6 is 0 Å². The molecule has 0 fully saturated rings. The normalized spacial score (nSPS) is 13.1. The summed E-state index contributed by atoms with van der Waals surface area (Å²) in [5.41, 5.74) is 0.306. The Hall–Kier alpha value is 0.0569. The fourth-order valence-electron chi connectivity index (χ4n) is 5.55. The highest BCUT2D eigenvalue weighted by atomic mass is 28.4. The minimum Gasteiger partial charge on any atom is -0.418 e. The molecule has 0 unspecified atom stereocenters. The lowest BCUT2D eigenvalue weighted by Gasteiger charge is -2.46. The van der Waals surface area contributed by atoms with Gasteiger partial charge >= 0.3 is 0 Å². The van der Waals surface area contributed by atoms with Crippen LogP contribution in [0.2, 0.25) is 19.1 Å². The molecule has 0 spiro atoms. The largest absolute Gasteiger partial charge is 0.418 e. The Labute approximate surface area is 210 Å². The van der Waals surface area contributed by atoms with Crippen molar-refractivity contribution in [2.75, 3.05) is 65.5 Å². The fourth-order valence-corrected chi connectivity index (χ4v) is 7.60. The molecule has 0 rings (SSSR count). The first kappa shape index (κ1) is 33.1. The quantitative estimate of drug-likeness (QED) is 0.145. The third kappa shape index (κ3) is 14.9. The van der Waals surface area contributed by atoms with Gasteiger partial charge in [-0.2, -0.15) is 0 Å². The maximum atomic E-state index is 6.32. The van der Waals surface area contributed by atoms with Crippen LogP contribution in [-0.2, 0) is 4.43 Å². The zero-order chi connectivity index (χ0) is 25.2. The van der Waals surface area contributed by atoms with Gasteiger partial charge in [0.15, 0.2) is 8.32 Å². The van der Waals surface area contributed by atoms with Gasteiger partial charge in [0.2, 0.25) is 0 Å². The van der Waals surface area contributed by atoms with E-state index in [2.05, 4.69) is 76.3 Å². The van der Waals surface area contributed by atoms with E-state index in [1.54, 1.807) is 0 Å². The van der Waals surface area contributed by atoms with E-state index in [0.717, 1.165) is 6.61 Å². The third-order valence-corrected chi connectivity index (χ3v) is 9.23. The summed E-state index contributed by atoms with van der Waals surface area (Å²) in [5.74, 6) is 0. The summed E-state index contributed by atoms with van der Waals surface area (Å²) in [6.45, 7) is 33.0. The molecule has 0 aromatic carbocycles. The molecule has 0 aliphatic heterocycles. The van der Waals surface area contributed by atoms with Crippen molar-refractivity contribution < 1.29 is 4.43 Å². The maximum absolute atomic E-state index is 6.32. The zero-order valence-electron chi connectivity index (χ0n) is 24.5. The van der Waals surface area contributed by atoms with Crippen molar-refractivity contribution in [1.29, 1.82) is 0 Å². The summed E-state index contributed by atoms with van der Waals surface area (Å²) < 4.78 is 6.32. The number of nitrogens with zero attached hydrogens (tertiary/aromatic N) is 3. The van der Waals surface area contributed by atoms with Gasteiger partial charge in [0, 0.05) is 31.7 Å². The van der Waals surface area contributed by atoms with E-state index in [9.17, 15) is 0 Å². The van der Waals surface area contributed by atoms with Crippen LogP contribution in [0.25, 0.3) is 0 Å². The van der Waals surface area contributed by atoms with Crippen LogP contribution in [0.5, 0.6) is 0 Å². The second kappa shape index (κ2) is 19.3. The summed E-state index contributed by atoms with van der Waals surface area (Å²) in [5, 5.41) is 0. The molecule has 0 aromatic heterocycles. The molecular formula is C28H63N3OSi. The van der Waals surface area contributed by atoms with Gasteiger partial charge in [-0.3, -0.25) is 0 Å². The summed E-state index contributed by atoms with van der Waals surface area (Å²) in [6, 6.07) is 1.27. The van der Waals surface area contributed by atoms with Crippen molar-refractivity contribution in [2.45, 2.75) is 113 Å². The van der Waals surface area contributed by atoms with Gasteiger partial charge in [0.1, 0.15) is 0 Å². The van der Waals surface area contributed by atoms with Gasteiger partial charge in [-0.15, -0.1) is 0 Å². The highest BCUT2D eigenvalue weighted by Crippen LogP contribution is 2.33. The zero-order valence-corrected chi connectivity index (χ0v) is 25.5. The van der Waals surface area contributed by atoms with Crippen LogP contribution in [-0.4, -0.2) is 88.5 Å². The van der Waals surface area contributed by atoms with Crippen molar-refractivity contribution in [3.8, 4) is 0 Å². The average Bonchev–Trinajstić information content (AvgIpc) is 2.73. The molecule has 0 aliphatic rings. The standard InChI is InChI=1S/C28H63N3OSi/c1-10-18-29(19-11-2)25-28(17-24-33(8,9)32-16-7,26-30(20-12-3)21-13-4)27-31(22-14-5)23-15-6/h10-27H2,1-9H3. The SMILES string of the molecule is CCCN(CCC)CC(CC[Si](C)(C)OCC)(CN(CCC)CCC)CN(CCC)CCC. The van der Waals surface area contributed by atoms with Crippen molar-refractivity contribution in [2.24, 2.45) is 5.41 Å². The molecule has 0 atom stereocenters. The Morgan fingerprint density at radius 3 is 1.09 bits per heavy atom. The molecule has 33 heavy (non-hydrogen) atoms. The Balaban J connectivity index is 6.17. The Morgan fingerprint density at radius 2 is 0.848 bits per heavy atom. The van der Waals surface area contributed by atoms with Crippen molar-refractivity contribution in [3.63, 3.8) is 0 Å². The molecule has 5 heteroatoms. The average molecular weight is 486 g/mol. The van der Waals surface area contributed by atoms with Crippen LogP contribution in [0.4, 0.5) is 0 Å². The number of hydrogen-bond donors (Lipinski definition) is 0. The molecule has 0 aromatic rings. The first-order valence-corrected chi connectivity index (χ1v) is 17.7. The summed E-state index contributed by atoms with van der Waals surface area (Å²) in [6.07, 6.45) is 8.78. The first-order valence-electron chi connectivity index (χ1n) is 14.6. The molecule has 0 radical (unpaired) electrons. The van der Waals surface area contributed by atoms with Gasteiger partial charge < -0.3 is 19.1 Å². The Morgan fingerprint density at radius 1 is 0.545 bits per heavy atom. The first-order chi connectivity index (χ1) is 15.7. The van der Waals surface area contributed by atoms with Crippen LogP contribution in [0.15, 0.2) is 0 Å². The predicted molar refractivity (Wildman–Crippen MR) is 152 cm³/mol. The predicted octanol–water partition coefficient (Wildman–Crippen LogP) is 6.97. The van der Waals surface area contributed by atoms with E-state index in [1.165, 1.54) is 110 Å². The molecule has 0 saturated heterocycles. The second-order valence-electron chi connectivity index (χ2n) is 11.0. The van der Waals surface area contributed by atoms with E-state index >= 15 is 0 Å². The molecule has 0 amide bonds. The van der Waals surface area contributed by atoms with Gasteiger partial charge in [-0.05, 0) is 110 Å². The van der Waals surface area contributed by atoms with Crippen LogP contribution < -0.4 is 0 Å². The third-order valence-electron chi connectivity index (χ3n) is 6.71. The Bertz CT molecular complexity index is 383. The molecule has 0 N–H and O–H groups in total. The highest BCUT2D eigenvalue weighted by Gasteiger charge is 2.38. The maximum Gasteiger partial charge on any atom is 0.186 e. The van der Waals surface area contributed by atoms with E-state index in [1.807, 2.05) is 0 Å². The van der Waals surface area contributed by atoms with Gasteiger partial charge in [-0.25, -0.2) is 0 Å². The molecular weight excluding hydrogens is 422 g/mol. The summed E-state index contributed by atoms with van der Waals surface area (Å²) in [4.78, 5) is 8.38. The monoisotopic (exact) mass is 485 g/mol. The van der Waals surface area contributed by atoms with Crippen LogP contribution in [0.1, 0.15) is 93.4 Å². The van der Waals surface area contributed by atoms with Crippen molar-refractivity contribution in [1.82, 2.24) is 14.7 Å². The topological polar surface area (TPSA) is 19.0 Å². The molecule has 4 nitrogen and oxygen atoms in total. The van der Waals surface area contributed by atoms with Gasteiger partial charge in [0.25, 0.3) is 0 Å². The van der Waals surface area contributed by atoms with E-state index in [0.29, 0.717) is 5.41 Å². The fraction of sp³-hybridized carbons (Fsp3) is 1.00. The number of hydrogen-bond acceptors (Lipinski definition) is 4. The highest BCUT2D eigenvalue weighted by molar-refractivity contribution is 6.71. The molecule has 0 saturated carbocycles. The molecule has 0 bridgehead atoms. The lowest BCUT2D eigenvalue weighted by molar-refractivity contribution is 0.0479. The second-order valence-corrected chi connectivity index (χ2v) is 15.3. The lowest BCUT2D eigenvalue weighted by Crippen LogP contribution is -2.53. The lowest BCUT2D eigenvalue weighted by atomic mass is 9.82. The summed E-state index contributed by atoms with van der Waals surface area (Å²) >= 11 is 0. The number of rotatable bonds is 23. The minimum atomic E-state index is -1.63. The molecule has 0 heterocycles. The van der Waals surface area contributed by atoms with Crippen LogP contribution in [0.3, 0.4) is 0 Å². The van der Waals surface area contributed by atoms with Gasteiger partial charge in [0.05, 0.1) is 0 Å². The molecule has 200 valence electrons. The van der Waals surface area contributed by atoms with Gasteiger partial charge in [-0.1, -0.05) is 41.5 Å². The van der Waals surface area contributed by atoms with Crippen molar-refractivity contribution >= 4 is 8.32 Å².